The second-order valence-corrected chi connectivity index (χ2v) is 4.82. The Morgan fingerprint density at radius 2 is 1.75 bits per heavy atom. The Balaban J connectivity index is 2.32. The van der Waals surface area contributed by atoms with Crippen molar-refractivity contribution in [1.82, 2.24) is 4.98 Å². The van der Waals surface area contributed by atoms with Crippen LogP contribution in [0.15, 0.2) is 36.4 Å². The Bertz CT molecular complexity index is 806. The van der Waals surface area contributed by atoms with E-state index in [2.05, 4.69) is 4.98 Å². The maximum absolute atomic E-state index is 13.3. The number of fused-ring (bicyclic) bond motifs is 1. The van der Waals surface area contributed by atoms with Crippen LogP contribution in [0.2, 0.25) is 5.02 Å². The molecule has 20 heavy (non-hydrogen) atoms. The van der Waals surface area contributed by atoms with Gasteiger partial charge in [0.25, 0.3) is 0 Å². The van der Waals surface area contributed by atoms with Crippen molar-refractivity contribution in [1.29, 1.82) is 0 Å². The molecule has 0 radical (unpaired) electrons. The Kier molecular flexibility index (Phi) is 3.03. The monoisotopic (exact) mass is 291 g/mol. The molecule has 1 heterocycles. The zero-order valence-corrected chi connectivity index (χ0v) is 10.8. The Hall–Kier alpha value is -2.20. The third kappa shape index (κ3) is 2.08. The number of carbonyl (C=O) groups excluding carboxylic acids is 1. The third-order valence-corrected chi connectivity index (χ3v) is 3.30. The molecule has 0 spiro atoms. The van der Waals surface area contributed by atoms with E-state index < -0.39 is 11.6 Å². The molecule has 1 N–H and O–H groups in total. The summed E-state index contributed by atoms with van der Waals surface area (Å²) in [4.78, 5) is 14.3. The molecular formula is C15H8ClF2NO. The molecule has 0 atom stereocenters. The largest absolute Gasteiger partial charge is 0.354 e. The number of nitrogens with one attached hydrogen (secondary N) is 1. The lowest BCUT2D eigenvalue weighted by Crippen LogP contribution is -1.88. The minimum absolute atomic E-state index is 0.275. The molecule has 0 saturated heterocycles. The molecule has 0 bridgehead atoms. The fourth-order valence-corrected chi connectivity index (χ4v) is 2.41. The van der Waals surface area contributed by atoms with Gasteiger partial charge in [0.05, 0.1) is 5.69 Å². The molecule has 2 aromatic carbocycles. The molecule has 0 saturated carbocycles. The highest BCUT2D eigenvalue weighted by molar-refractivity contribution is 6.31. The van der Waals surface area contributed by atoms with Crippen LogP contribution < -0.4 is 0 Å². The fraction of sp³-hybridized carbons (Fsp3) is 0. The summed E-state index contributed by atoms with van der Waals surface area (Å²) in [5.74, 6) is -1.40. The summed E-state index contributed by atoms with van der Waals surface area (Å²) in [6.07, 6.45) is 0.646. The van der Waals surface area contributed by atoms with Crippen molar-refractivity contribution in [3.8, 4) is 11.3 Å². The number of aromatic amines is 1. The van der Waals surface area contributed by atoms with Gasteiger partial charge in [0.1, 0.15) is 11.6 Å². The second-order valence-electron chi connectivity index (χ2n) is 4.38. The molecule has 0 aliphatic rings. The summed E-state index contributed by atoms with van der Waals surface area (Å²) in [6.45, 7) is 0. The molecule has 0 aliphatic heterocycles. The van der Waals surface area contributed by atoms with Gasteiger partial charge in [-0.3, -0.25) is 4.79 Å². The number of hydrogen-bond acceptors (Lipinski definition) is 1. The fourth-order valence-electron chi connectivity index (χ4n) is 2.23. The van der Waals surface area contributed by atoms with Gasteiger partial charge < -0.3 is 4.98 Å². The van der Waals surface area contributed by atoms with Crippen molar-refractivity contribution in [3.63, 3.8) is 0 Å². The van der Waals surface area contributed by atoms with Crippen LogP contribution in [-0.2, 0) is 0 Å². The van der Waals surface area contributed by atoms with E-state index in [0.717, 1.165) is 6.07 Å². The van der Waals surface area contributed by atoms with Gasteiger partial charge in [0.2, 0.25) is 0 Å². The highest BCUT2D eigenvalue weighted by atomic mass is 35.5. The number of hydrogen-bond donors (Lipinski definition) is 1. The number of aldehydes is 1. The SMILES string of the molecule is O=Cc1c(-c2cc(F)cc(F)c2)[nH]c2ccc(Cl)cc12. The lowest BCUT2D eigenvalue weighted by molar-refractivity contribution is 0.112. The molecular weight excluding hydrogens is 284 g/mol. The predicted octanol–water partition coefficient (Wildman–Crippen LogP) is 4.58. The maximum Gasteiger partial charge on any atom is 0.152 e. The minimum Gasteiger partial charge on any atom is -0.354 e. The average Bonchev–Trinajstić information content (AvgIpc) is 2.75. The molecule has 0 aliphatic carbocycles. The number of carbonyl (C=O) groups is 1. The molecule has 0 amide bonds. The molecule has 100 valence electrons. The van der Waals surface area contributed by atoms with E-state index in [1.165, 1.54) is 12.1 Å². The smallest absolute Gasteiger partial charge is 0.152 e. The summed E-state index contributed by atoms with van der Waals surface area (Å²) in [7, 11) is 0. The van der Waals surface area contributed by atoms with E-state index in [4.69, 9.17) is 11.6 Å². The molecule has 1 aromatic heterocycles. The van der Waals surface area contributed by atoms with Crippen molar-refractivity contribution in [2.75, 3.05) is 0 Å². The van der Waals surface area contributed by atoms with Gasteiger partial charge >= 0.3 is 0 Å². The number of halogens is 3. The van der Waals surface area contributed by atoms with Gasteiger partial charge in [-0.15, -0.1) is 0 Å². The van der Waals surface area contributed by atoms with Crippen LogP contribution in [0.1, 0.15) is 10.4 Å². The molecule has 0 unspecified atom stereocenters. The quantitative estimate of drug-likeness (QED) is 0.689. The van der Waals surface area contributed by atoms with Crippen molar-refractivity contribution in [3.05, 3.63) is 58.6 Å². The van der Waals surface area contributed by atoms with Crippen LogP contribution in [0.25, 0.3) is 22.2 Å². The van der Waals surface area contributed by atoms with E-state index in [1.54, 1.807) is 18.2 Å². The van der Waals surface area contributed by atoms with Crippen molar-refractivity contribution in [2.45, 2.75) is 0 Å². The summed E-state index contributed by atoms with van der Waals surface area (Å²) in [6, 6.07) is 8.14. The Morgan fingerprint density at radius 1 is 1.05 bits per heavy atom. The van der Waals surface area contributed by atoms with Gasteiger partial charge in [0.15, 0.2) is 6.29 Å². The summed E-state index contributed by atoms with van der Waals surface area (Å²) >= 11 is 5.90. The van der Waals surface area contributed by atoms with E-state index in [1.807, 2.05) is 0 Å². The first kappa shape index (κ1) is 12.8. The normalized spacial score (nSPS) is 10.9. The zero-order chi connectivity index (χ0) is 14.3. The molecule has 2 nitrogen and oxygen atoms in total. The standard InChI is InChI=1S/C15H8ClF2NO/c16-9-1-2-14-12(5-9)13(7-20)15(19-14)8-3-10(17)6-11(18)4-8/h1-7,19H. The molecule has 0 fully saturated rings. The van der Waals surface area contributed by atoms with Crippen LogP contribution >= 0.6 is 11.6 Å². The van der Waals surface area contributed by atoms with Gasteiger partial charge in [-0.2, -0.15) is 0 Å². The van der Waals surface area contributed by atoms with Crippen LogP contribution in [0.3, 0.4) is 0 Å². The van der Waals surface area contributed by atoms with Crippen LogP contribution in [-0.4, -0.2) is 11.3 Å². The van der Waals surface area contributed by atoms with Crippen molar-refractivity contribution in [2.24, 2.45) is 0 Å². The van der Waals surface area contributed by atoms with Crippen LogP contribution in [0, 0.1) is 11.6 Å². The van der Waals surface area contributed by atoms with Crippen molar-refractivity contribution >= 4 is 28.8 Å². The van der Waals surface area contributed by atoms with E-state index in [0.29, 0.717) is 33.5 Å². The van der Waals surface area contributed by atoms with Crippen molar-refractivity contribution < 1.29 is 13.6 Å². The van der Waals surface area contributed by atoms with Crippen LogP contribution in [0.4, 0.5) is 8.78 Å². The van der Waals surface area contributed by atoms with Gasteiger partial charge in [-0.25, -0.2) is 8.78 Å². The second kappa shape index (κ2) is 4.72. The highest BCUT2D eigenvalue weighted by Crippen LogP contribution is 2.31. The van der Waals surface area contributed by atoms with Gasteiger partial charge in [0, 0.05) is 33.1 Å². The first-order valence-corrected chi connectivity index (χ1v) is 6.19. The lowest BCUT2D eigenvalue weighted by Gasteiger charge is -2.01. The lowest BCUT2D eigenvalue weighted by atomic mass is 10.1. The molecule has 3 rings (SSSR count). The molecule has 3 aromatic rings. The summed E-state index contributed by atoms with van der Waals surface area (Å²) in [5, 5.41) is 1.10. The Labute approximate surface area is 118 Å². The van der Waals surface area contributed by atoms with Gasteiger partial charge in [-0.1, -0.05) is 11.6 Å². The first-order chi connectivity index (χ1) is 9.58. The summed E-state index contributed by atoms with van der Waals surface area (Å²) < 4.78 is 26.6. The highest BCUT2D eigenvalue weighted by Gasteiger charge is 2.14. The maximum atomic E-state index is 13.3. The predicted molar refractivity (Wildman–Crippen MR) is 74.0 cm³/mol. The number of benzene rings is 2. The third-order valence-electron chi connectivity index (χ3n) is 3.07. The van der Waals surface area contributed by atoms with Crippen LogP contribution in [0.5, 0.6) is 0 Å². The number of rotatable bonds is 2. The zero-order valence-electron chi connectivity index (χ0n) is 10.1. The average molecular weight is 292 g/mol. The van der Waals surface area contributed by atoms with E-state index in [9.17, 15) is 13.6 Å². The first-order valence-electron chi connectivity index (χ1n) is 5.81. The topological polar surface area (TPSA) is 32.9 Å². The molecule has 5 heteroatoms. The Morgan fingerprint density at radius 3 is 2.40 bits per heavy atom. The van der Waals surface area contributed by atoms with E-state index >= 15 is 0 Å². The van der Waals surface area contributed by atoms with Gasteiger partial charge in [-0.05, 0) is 30.3 Å². The minimum atomic E-state index is -0.700. The number of H-pyrrole nitrogens is 1. The number of aromatic nitrogens is 1. The summed E-state index contributed by atoms with van der Waals surface area (Å²) in [5.41, 5.74) is 1.65. The van der Waals surface area contributed by atoms with E-state index in [-0.39, 0.29) is 5.56 Å².